The SMILES string of the molecule is CN=C(NCCc1cccc(C(=O)N(C)C)c1)NCC1CCCS1. The Morgan fingerprint density at radius 2 is 2.21 bits per heavy atom. The van der Waals surface area contributed by atoms with Gasteiger partial charge in [0.1, 0.15) is 0 Å². The Morgan fingerprint density at radius 1 is 1.38 bits per heavy atom. The first-order chi connectivity index (χ1) is 11.6. The fourth-order valence-corrected chi connectivity index (χ4v) is 3.88. The maximum Gasteiger partial charge on any atom is 0.253 e. The molecule has 0 radical (unpaired) electrons. The molecule has 1 aromatic carbocycles. The first-order valence-electron chi connectivity index (χ1n) is 8.47. The lowest BCUT2D eigenvalue weighted by Crippen LogP contribution is -2.40. The topological polar surface area (TPSA) is 56.7 Å². The number of nitrogens with zero attached hydrogens (tertiary/aromatic N) is 2. The molecule has 1 amide bonds. The monoisotopic (exact) mass is 348 g/mol. The van der Waals surface area contributed by atoms with E-state index in [9.17, 15) is 4.79 Å². The summed E-state index contributed by atoms with van der Waals surface area (Å²) in [6.07, 6.45) is 3.47. The van der Waals surface area contributed by atoms with Gasteiger partial charge in [0, 0.05) is 45.0 Å². The number of rotatable bonds is 6. The fraction of sp³-hybridized carbons (Fsp3) is 0.556. The van der Waals surface area contributed by atoms with Crippen LogP contribution in [0, 0.1) is 0 Å². The molecule has 0 aromatic heterocycles. The molecule has 2 N–H and O–H groups in total. The lowest BCUT2D eigenvalue weighted by atomic mass is 10.1. The summed E-state index contributed by atoms with van der Waals surface area (Å²) in [4.78, 5) is 17.9. The quantitative estimate of drug-likeness (QED) is 0.610. The molecule has 1 heterocycles. The van der Waals surface area contributed by atoms with Gasteiger partial charge in [0.05, 0.1) is 0 Å². The number of nitrogens with one attached hydrogen (secondary N) is 2. The number of guanidine groups is 1. The first-order valence-corrected chi connectivity index (χ1v) is 9.51. The molecule has 0 aliphatic carbocycles. The molecule has 24 heavy (non-hydrogen) atoms. The second kappa shape index (κ2) is 9.57. The highest BCUT2D eigenvalue weighted by Gasteiger charge is 2.15. The minimum Gasteiger partial charge on any atom is -0.356 e. The summed E-state index contributed by atoms with van der Waals surface area (Å²) in [5, 5.41) is 7.45. The highest BCUT2D eigenvalue weighted by molar-refractivity contribution is 8.00. The molecule has 0 bridgehead atoms. The number of hydrogen-bond donors (Lipinski definition) is 2. The molecule has 1 unspecified atom stereocenters. The molecular weight excluding hydrogens is 320 g/mol. The smallest absolute Gasteiger partial charge is 0.253 e. The maximum atomic E-state index is 12.0. The van der Waals surface area contributed by atoms with E-state index in [-0.39, 0.29) is 5.91 Å². The van der Waals surface area contributed by atoms with Crippen LogP contribution in [0.3, 0.4) is 0 Å². The van der Waals surface area contributed by atoms with Gasteiger partial charge in [0.2, 0.25) is 0 Å². The van der Waals surface area contributed by atoms with Crippen molar-refractivity contribution in [3.8, 4) is 0 Å². The zero-order valence-corrected chi connectivity index (χ0v) is 15.7. The summed E-state index contributed by atoms with van der Waals surface area (Å²) < 4.78 is 0. The average molecular weight is 349 g/mol. The van der Waals surface area contributed by atoms with Gasteiger partial charge in [-0.05, 0) is 42.7 Å². The summed E-state index contributed by atoms with van der Waals surface area (Å²) in [5.74, 6) is 2.17. The molecule has 5 nitrogen and oxygen atoms in total. The Bertz CT molecular complexity index is 568. The van der Waals surface area contributed by atoms with Crippen LogP contribution < -0.4 is 10.6 Å². The van der Waals surface area contributed by atoms with Gasteiger partial charge in [0.15, 0.2) is 5.96 Å². The van der Waals surface area contributed by atoms with Crippen molar-refractivity contribution in [3.63, 3.8) is 0 Å². The predicted molar refractivity (Wildman–Crippen MR) is 103 cm³/mol. The Balaban J connectivity index is 1.77. The van der Waals surface area contributed by atoms with E-state index < -0.39 is 0 Å². The predicted octanol–water partition coefficient (Wildman–Crippen LogP) is 1.99. The first kappa shape index (κ1) is 18.6. The van der Waals surface area contributed by atoms with Crippen LogP contribution in [0.5, 0.6) is 0 Å². The minimum atomic E-state index is 0.0383. The summed E-state index contributed by atoms with van der Waals surface area (Å²) in [7, 11) is 5.34. The van der Waals surface area contributed by atoms with E-state index in [2.05, 4.69) is 21.7 Å². The van der Waals surface area contributed by atoms with Crippen LogP contribution in [0.1, 0.15) is 28.8 Å². The van der Waals surface area contributed by atoms with Crippen molar-refractivity contribution in [2.75, 3.05) is 40.0 Å². The number of hydrogen-bond acceptors (Lipinski definition) is 3. The third kappa shape index (κ3) is 5.74. The Hall–Kier alpha value is -1.69. The standard InChI is InChI=1S/C18H28N4OS/c1-19-18(21-13-16-8-5-11-24-16)20-10-9-14-6-4-7-15(12-14)17(23)22(2)3/h4,6-7,12,16H,5,8-11,13H2,1-3H3,(H2,19,20,21). The van der Waals surface area contributed by atoms with E-state index in [0.717, 1.165) is 36.6 Å². The third-order valence-corrected chi connectivity index (χ3v) is 5.43. The Morgan fingerprint density at radius 3 is 2.88 bits per heavy atom. The van der Waals surface area contributed by atoms with Crippen molar-refractivity contribution in [1.29, 1.82) is 0 Å². The molecule has 0 saturated carbocycles. The van der Waals surface area contributed by atoms with Crippen molar-refractivity contribution in [1.82, 2.24) is 15.5 Å². The van der Waals surface area contributed by atoms with E-state index in [1.165, 1.54) is 18.6 Å². The number of carbonyl (C=O) groups is 1. The molecule has 1 fully saturated rings. The Labute approximate surface area is 149 Å². The summed E-state index contributed by atoms with van der Waals surface area (Å²) in [5.41, 5.74) is 1.88. The molecule has 1 aliphatic heterocycles. The molecular formula is C18H28N4OS. The zero-order valence-electron chi connectivity index (χ0n) is 14.8. The number of aliphatic imine (C=N–C) groups is 1. The maximum absolute atomic E-state index is 12.0. The van der Waals surface area contributed by atoms with Gasteiger partial charge in [0.25, 0.3) is 5.91 Å². The second-order valence-electron chi connectivity index (χ2n) is 6.16. The van der Waals surface area contributed by atoms with Crippen LogP contribution >= 0.6 is 11.8 Å². The number of carbonyl (C=O) groups excluding carboxylic acids is 1. The highest BCUT2D eigenvalue weighted by Crippen LogP contribution is 2.25. The van der Waals surface area contributed by atoms with Gasteiger partial charge in [-0.2, -0.15) is 11.8 Å². The van der Waals surface area contributed by atoms with Gasteiger partial charge < -0.3 is 15.5 Å². The normalized spacial score (nSPS) is 17.6. The van der Waals surface area contributed by atoms with E-state index in [1.807, 2.05) is 30.0 Å². The fourth-order valence-electron chi connectivity index (χ4n) is 2.68. The van der Waals surface area contributed by atoms with Crippen LogP contribution in [0.15, 0.2) is 29.3 Å². The van der Waals surface area contributed by atoms with Crippen LogP contribution in [0.25, 0.3) is 0 Å². The van der Waals surface area contributed by atoms with Gasteiger partial charge in [-0.1, -0.05) is 12.1 Å². The van der Waals surface area contributed by atoms with E-state index >= 15 is 0 Å². The lowest BCUT2D eigenvalue weighted by Gasteiger charge is -2.15. The second-order valence-corrected chi connectivity index (χ2v) is 7.57. The number of thioether (sulfide) groups is 1. The molecule has 2 rings (SSSR count). The number of amides is 1. The van der Waals surface area contributed by atoms with E-state index in [0.29, 0.717) is 5.25 Å². The van der Waals surface area contributed by atoms with Gasteiger partial charge in [-0.3, -0.25) is 9.79 Å². The van der Waals surface area contributed by atoms with Crippen molar-refractivity contribution in [2.24, 2.45) is 4.99 Å². The summed E-state index contributed by atoms with van der Waals surface area (Å²) >= 11 is 2.04. The van der Waals surface area contributed by atoms with Crippen LogP contribution in [0.2, 0.25) is 0 Å². The van der Waals surface area contributed by atoms with Crippen LogP contribution in [-0.4, -0.2) is 62.0 Å². The largest absolute Gasteiger partial charge is 0.356 e. The molecule has 132 valence electrons. The molecule has 0 spiro atoms. The summed E-state index contributed by atoms with van der Waals surface area (Å²) in [6.45, 7) is 1.76. The summed E-state index contributed by atoms with van der Waals surface area (Å²) in [6, 6.07) is 7.82. The lowest BCUT2D eigenvalue weighted by molar-refractivity contribution is 0.0827. The van der Waals surface area contributed by atoms with E-state index in [1.54, 1.807) is 26.0 Å². The Kier molecular flexibility index (Phi) is 7.43. The van der Waals surface area contributed by atoms with Crippen LogP contribution in [0.4, 0.5) is 0 Å². The molecule has 1 saturated heterocycles. The van der Waals surface area contributed by atoms with E-state index in [4.69, 9.17) is 0 Å². The van der Waals surface area contributed by atoms with Crippen molar-refractivity contribution in [2.45, 2.75) is 24.5 Å². The van der Waals surface area contributed by atoms with Crippen LogP contribution in [-0.2, 0) is 6.42 Å². The van der Waals surface area contributed by atoms with Crippen molar-refractivity contribution >= 4 is 23.6 Å². The number of benzene rings is 1. The average Bonchev–Trinajstić information content (AvgIpc) is 3.11. The van der Waals surface area contributed by atoms with Crippen molar-refractivity contribution in [3.05, 3.63) is 35.4 Å². The van der Waals surface area contributed by atoms with Crippen molar-refractivity contribution < 1.29 is 4.79 Å². The third-order valence-electron chi connectivity index (χ3n) is 4.03. The highest BCUT2D eigenvalue weighted by atomic mass is 32.2. The molecule has 1 atom stereocenters. The van der Waals surface area contributed by atoms with Gasteiger partial charge in [-0.15, -0.1) is 0 Å². The molecule has 6 heteroatoms. The molecule has 1 aliphatic rings. The van der Waals surface area contributed by atoms with Gasteiger partial charge >= 0.3 is 0 Å². The molecule has 1 aromatic rings. The van der Waals surface area contributed by atoms with Gasteiger partial charge in [-0.25, -0.2) is 0 Å². The minimum absolute atomic E-state index is 0.0383. The zero-order chi connectivity index (χ0) is 17.4.